The maximum Gasteiger partial charge on any atom is 0.320 e. The van der Waals surface area contributed by atoms with Crippen LogP contribution >= 0.6 is 0 Å². The van der Waals surface area contributed by atoms with E-state index in [0.29, 0.717) is 12.8 Å². The van der Waals surface area contributed by atoms with Gasteiger partial charge in [-0.15, -0.1) is 0 Å². The van der Waals surface area contributed by atoms with E-state index in [9.17, 15) is 9.59 Å². The standard InChI is InChI=1S/C17H33NO4/c1-18-15(17(21)22)13-11-9-7-5-3-2-4-6-8-10-12-14-16(19)20/h15,18H,2-14H2,1H3,(H,19,20)(H,21,22). The van der Waals surface area contributed by atoms with Crippen molar-refractivity contribution in [2.75, 3.05) is 7.05 Å². The number of unbranched alkanes of at least 4 members (excludes halogenated alkanes) is 10. The molecule has 130 valence electrons. The normalized spacial score (nSPS) is 12.2. The summed E-state index contributed by atoms with van der Waals surface area (Å²) in [5.41, 5.74) is 0. The fourth-order valence-electron chi connectivity index (χ4n) is 2.61. The van der Waals surface area contributed by atoms with Crippen LogP contribution in [0, 0.1) is 0 Å². The minimum atomic E-state index is -0.758. The molecule has 1 unspecified atom stereocenters. The predicted molar refractivity (Wildman–Crippen MR) is 88.1 cm³/mol. The lowest BCUT2D eigenvalue weighted by molar-refractivity contribution is -0.139. The molecule has 3 N–H and O–H groups in total. The summed E-state index contributed by atoms with van der Waals surface area (Å²) in [5.74, 6) is -1.45. The highest BCUT2D eigenvalue weighted by Crippen LogP contribution is 2.13. The lowest BCUT2D eigenvalue weighted by Gasteiger charge is -2.10. The number of hydrogen-bond donors (Lipinski definition) is 3. The Morgan fingerprint density at radius 2 is 1.18 bits per heavy atom. The van der Waals surface area contributed by atoms with E-state index >= 15 is 0 Å². The van der Waals surface area contributed by atoms with E-state index in [1.165, 1.54) is 38.5 Å². The van der Waals surface area contributed by atoms with E-state index in [2.05, 4.69) is 5.32 Å². The molecule has 0 aliphatic rings. The van der Waals surface area contributed by atoms with Crippen LogP contribution < -0.4 is 5.32 Å². The Morgan fingerprint density at radius 3 is 1.55 bits per heavy atom. The highest BCUT2D eigenvalue weighted by molar-refractivity contribution is 5.73. The zero-order chi connectivity index (χ0) is 16.6. The molecular formula is C17H33NO4. The van der Waals surface area contributed by atoms with Gasteiger partial charge in [-0.3, -0.25) is 9.59 Å². The molecule has 0 rings (SSSR count). The zero-order valence-corrected chi connectivity index (χ0v) is 14.0. The van der Waals surface area contributed by atoms with Crippen molar-refractivity contribution in [1.29, 1.82) is 0 Å². The molecule has 0 saturated carbocycles. The summed E-state index contributed by atoms with van der Waals surface area (Å²) in [6.45, 7) is 0. The van der Waals surface area contributed by atoms with Gasteiger partial charge in [0.05, 0.1) is 0 Å². The smallest absolute Gasteiger partial charge is 0.320 e. The zero-order valence-electron chi connectivity index (χ0n) is 14.0. The van der Waals surface area contributed by atoms with Crippen LogP contribution in [-0.4, -0.2) is 35.2 Å². The number of carboxylic acids is 2. The molecule has 0 saturated heterocycles. The van der Waals surface area contributed by atoms with Crippen LogP contribution in [0.2, 0.25) is 0 Å². The maximum absolute atomic E-state index is 10.8. The Morgan fingerprint density at radius 1 is 0.773 bits per heavy atom. The molecule has 0 aromatic heterocycles. The van der Waals surface area contributed by atoms with Crippen molar-refractivity contribution in [3.63, 3.8) is 0 Å². The summed E-state index contributed by atoms with van der Waals surface area (Å²) in [4.78, 5) is 21.1. The van der Waals surface area contributed by atoms with E-state index in [1.807, 2.05) is 0 Å². The van der Waals surface area contributed by atoms with E-state index in [-0.39, 0.29) is 0 Å². The Hall–Kier alpha value is -1.10. The number of rotatable bonds is 16. The second-order valence-electron chi connectivity index (χ2n) is 6.00. The third kappa shape index (κ3) is 13.9. The highest BCUT2D eigenvalue weighted by Gasteiger charge is 2.13. The molecule has 0 spiro atoms. The number of hydrogen-bond acceptors (Lipinski definition) is 3. The number of aliphatic carboxylic acids is 2. The monoisotopic (exact) mass is 315 g/mol. The summed E-state index contributed by atoms with van der Waals surface area (Å²) in [5, 5.41) is 20.2. The Balaban J connectivity index is 3.17. The molecule has 0 aliphatic heterocycles. The van der Waals surface area contributed by atoms with Crippen molar-refractivity contribution in [2.45, 2.75) is 89.5 Å². The molecule has 0 fully saturated rings. The summed E-state index contributed by atoms with van der Waals surface area (Å²) in [7, 11) is 1.69. The Bertz CT molecular complexity index is 294. The van der Waals surface area contributed by atoms with Crippen molar-refractivity contribution in [1.82, 2.24) is 5.32 Å². The minimum absolute atomic E-state index is 0.302. The van der Waals surface area contributed by atoms with Crippen LogP contribution in [0.4, 0.5) is 0 Å². The third-order valence-corrected chi connectivity index (χ3v) is 4.03. The highest BCUT2D eigenvalue weighted by atomic mass is 16.4. The lowest BCUT2D eigenvalue weighted by Crippen LogP contribution is -2.33. The van der Waals surface area contributed by atoms with Gasteiger partial charge < -0.3 is 15.5 Å². The molecule has 0 aromatic carbocycles. The first kappa shape index (κ1) is 20.9. The fraction of sp³-hybridized carbons (Fsp3) is 0.882. The average Bonchev–Trinajstić information content (AvgIpc) is 2.47. The summed E-state index contributed by atoms with van der Waals surface area (Å²) >= 11 is 0. The average molecular weight is 315 g/mol. The van der Waals surface area contributed by atoms with Crippen molar-refractivity contribution in [3.8, 4) is 0 Å². The maximum atomic E-state index is 10.8. The molecule has 0 amide bonds. The topological polar surface area (TPSA) is 86.6 Å². The van der Waals surface area contributed by atoms with E-state index < -0.39 is 18.0 Å². The molecule has 5 nitrogen and oxygen atoms in total. The van der Waals surface area contributed by atoms with Gasteiger partial charge in [-0.1, -0.05) is 64.2 Å². The van der Waals surface area contributed by atoms with E-state index in [1.54, 1.807) is 7.05 Å². The van der Waals surface area contributed by atoms with Crippen LogP contribution in [-0.2, 0) is 9.59 Å². The molecule has 0 aliphatic carbocycles. The van der Waals surface area contributed by atoms with Crippen molar-refractivity contribution in [2.24, 2.45) is 0 Å². The molecular weight excluding hydrogens is 282 g/mol. The van der Waals surface area contributed by atoms with Crippen LogP contribution in [0.1, 0.15) is 83.5 Å². The number of carboxylic acid groups (broad SMARTS) is 2. The quantitative estimate of drug-likeness (QED) is 0.377. The van der Waals surface area contributed by atoms with E-state index in [0.717, 1.165) is 32.1 Å². The predicted octanol–water partition coefficient (Wildman–Crippen LogP) is 3.81. The van der Waals surface area contributed by atoms with Gasteiger partial charge in [-0.05, 0) is 19.9 Å². The second kappa shape index (κ2) is 14.8. The first-order valence-electron chi connectivity index (χ1n) is 8.69. The molecule has 0 bridgehead atoms. The van der Waals surface area contributed by atoms with Crippen LogP contribution in [0.15, 0.2) is 0 Å². The van der Waals surface area contributed by atoms with Gasteiger partial charge in [0.1, 0.15) is 6.04 Å². The van der Waals surface area contributed by atoms with Gasteiger partial charge in [-0.2, -0.15) is 0 Å². The molecule has 0 aromatic rings. The van der Waals surface area contributed by atoms with Crippen LogP contribution in [0.3, 0.4) is 0 Å². The van der Waals surface area contributed by atoms with Gasteiger partial charge in [0.2, 0.25) is 0 Å². The van der Waals surface area contributed by atoms with Gasteiger partial charge in [0.15, 0.2) is 0 Å². The minimum Gasteiger partial charge on any atom is -0.481 e. The largest absolute Gasteiger partial charge is 0.481 e. The fourth-order valence-corrected chi connectivity index (χ4v) is 2.61. The molecule has 1 atom stereocenters. The van der Waals surface area contributed by atoms with Crippen molar-refractivity contribution < 1.29 is 19.8 Å². The first-order chi connectivity index (χ1) is 10.6. The van der Waals surface area contributed by atoms with Gasteiger partial charge in [-0.25, -0.2) is 0 Å². The summed E-state index contributed by atoms with van der Waals surface area (Å²) in [6.07, 6.45) is 13.5. The molecule has 5 heteroatoms. The number of likely N-dealkylation sites (N-methyl/N-ethyl adjacent to an activating group) is 1. The number of nitrogens with one attached hydrogen (secondary N) is 1. The van der Waals surface area contributed by atoms with E-state index in [4.69, 9.17) is 10.2 Å². The Kier molecular flexibility index (Phi) is 14.1. The first-order valence-corrected chi connectivity index (χ1v) is 8.69. The summed E-state index contributed by atoms with van der Waals surface area (Å²) in [6, 6.07) is -0.402. The summed E-state index contributed by atoms with van der Waals surface area (Å²) < 4.78 is 0. The van der Waals surface area contributed by atoms with Gasteiger partial charge >= 0.3 is 11.9 Å². The van der Waals surface area contributed by atoms with Crippen LogP contribution in [0.5, 0.6) is 0 Å². The van der Waals surface area contributed by atoms with Gasteiger partial charge in [0, 0.05) is 6.42 Å². The van der Waals surface area contributed by atoms with Crippen LogP contribution in [0.25, 0.3) is 0 Å². The third-order valence-electron chi connectivity index (χ3n) is 4.03. The Labute approximate surface area is 134 Å². The van der Waals surface area contributed by atoms with Crippen molar-refractivity contribution >= 4 is 11.9 Å². The lowest BCUT2D eigenvalue weighted by atomic mass is 10.0. The number of carbonyl (C=O) groups is 2. The SMILES string of the molecule is CNC(CCCCCCCCCCCCCC(=O)O)C(=O)O. The van der Waals surface area contributed by atoms with Gasteiger partial charge in [0.25, 0.3) is 0 Å². The molecule has 0 heterocycles. The van der Waals surface area contributed by atoms with Crippen molar-refractivity contribution in [3.05, 3.63) is 0 Å². The molecule has 0 radical (unpaired) electrons. The second-order valence-corrected chi connectivity index (χ2v) is 6.00. The molecule has 22 heavy (non-hydrogen) atoms.